The summed E-state index contributed by atoms with van der Waals surface area (Å²) < 4.78 is 39.2. The fraction of sp³-hybridized carbons (Fsp3) is 0.438. The summed E-state index contributed by atoms with van der Waals surface area (Å²) in [5.41, 5.74) is -0.230. The summed E-state index contributed by atoms with van der Waals surface area (Å²) in [6.45, 7) is 0. The first-order chi connectivity index (χ1) is 11.3. The van der Waals surface area contributed by atoms with Crippen molar-refractivity contribution in [2.75, 3.05) is 7.05 Å². The second kappa shape index (κ2) is 5.92. The van der Waals surface area contributed by atoms with Crippen molar-refractivity contribution in [2.24, 2.45) is 5.10 Å². The van der Waals surface area contributed by atoms with Gasteiger partial charge < -0.3 is 5.32 Å². The number of hydrogen-bond acceptors (Lipinski definition) is 3. The predicted octanol–water partition coefficient (Wildman–Crippen LogP) is 2.29. The zero-order valence-corrected chi connectivity index (χ0v) is 12.9. The summed E-state index contributed by atoms with van der Waals surface area (Å²) in [7, 11) is 1.47. The normalized spacial score (nSPS) is 23.8. The molecule has 24 heavy (non-hydrogen) atoms. The fourth-order valence-corrected chi connectivity index (χ4v) is 2.86. The van der Waals surface area contributed by atoms with Gasteiger partial charge in [-0.15, -0.1) is 0 Å². The molecular weight excluding hydrogens is 323 g/mol. The van der Waals surface area contributed by atoms with Crippen LogP contribution in [0.25, 0.3) is 0 Å². The number of carbonyl (C=O) groups is 2. The van der Waals surface area contributed by atoms with Gasteiger partial charge in [0.1, 0.15) is 5.71 Å². The van der Waals surface area contributed by atoms with Crippen LogP contribution in [-0.4, -0.2) is 35.6 Å². The van der Waals surface area contributed by atoms with Crippen molar-refractivity contribution in [1.29, 1.82) is 0 Å². The molecule has 0 saturated heterocycles. The summed E-state index contributed by atoms with van der Waals surface area (Å²) in [5, 5.41) is 7.73. The van der Waals surface area contributed by atoms with Crippen molar-refractivity contribution in [1.82, 2.24) is 10.3 Å². The Balaban J connectivity index is 1.68. The zero-order chi connectivity index (χ0) is 17.5. The second-order valence-electron chi connectivity index (χ2n) is 5.97. The molecule has 128 valence electrons. The van der Waals surface area contributed by atoms with Crippen molar-refractivity contribution < 1.29 is 22.8 Å². The van der Waals surface area contributed by atoms with Gasteiger partial charge >= 0.3 is 6.18 Å². The third-order valence-corrected chi connectivity index (χ3v) is 4.24. The smallest absolute Gasteiger partial charge is 0.348 e. The molecule has 2 amide bonds. The van der Waals surface area contributed by atoms with Crippen molar-refractivity contribution in [3.63, 3.8) is 0 Å². The molecule has 1 aromatic rings. The van der Waals surface area contributed by atoms with E-state index >= 15 is 0 Å². The van der Waals surface area contributed by atoms with Crippen LogP contribution in [0.5, 0.6) is 0 Å². The minimum Gasteiger partial charge on any atom is -0.348 e. The minimum absolute atomic E-state index is 0.171. The lowest BCUT2D eigenvalue weighted by molar-refractivity contribution is -0.138. The van der Waals surface area contributed by atoms with E-state index in [1.165, 1.54) is 19.2 Å². The average molecular weight is 339 g/mol. The number of carbonyl (C=O) groups excluding carboxylic acids is 2. The maximum atomic E-state index is 13.1. The summed E-state index contributed by atoms with van der Waals surface area (Å²) in [6, 6.07) is 5.08. The predicted molar refractivity (Wildman–Crippen MR) is 80.2 cm³/mol. The maximum Gasteiger partial charge on any atom is 0.416 e. The van der Waals surface area contributed by atoms with Crippen LogP contribution >= 0.6 is 0 Å². The summed E-state index contributed by atoms with van der Waals surface area (Å²) in [4.78, 5) is 23.5. The number of rotatable bonds is 3. The molecule has 1 aromatic carbocycles. The Bertz CT molecular complexity index is 715. The largest absolute Gasteiger partial charge is 0.416 e. The lowest BCUT2D eigenvalue weighted by Gasteiger charge is -2.19. The van der Waals surface area contributed by atoms with Gasteiger partial charge in [-0.1, -0.05) is 18.2 Å². The van der Waals surface area contributed by atoms with Gasteiger partial charge in [0.05, 0.1) is 5.56 Å². The monoisotopic (exact) mass is 339 g/mol. The third-order valence-electron chi connectivity index (χ3n) is 4.24. The van der Waals surface area contributed by atoms with Crippen molar-refractivity contribution in [3.05, 3.63) is 35.4 Å². The summed E-state index contributed by atoms with van der Waals surface area (Å²) in [5.74, 6) is -0.948. The van der Waals surface area contributed by atoms with Crippen LogP contribution in [0.1, 0.15) is 36.3 Å². The highest BCUT2D eigenvalue weighted by Crippen LogP contribution is 2.46. The first-order valence-electron chi connectivity index (χ1n) is 7.58. The molecule has 5 nitrogen and oxygen atoms in total. The van der Waals surface area contributed by atoms with Gasteiger partial charge in [-0.05, 0) is 18.1 Å². The van der Waals surface area contributed by atoms with Crippen LogP contribution < -0.4 is 5.32 Å². The van der Waals surface area contributed by atoms with Crippen LogP contribution in [0.3, 0.4) is 0 Å². The molecule has 2 aliphatic rings. The summed E-state index contributed by atoms with van der Waals surface area (Å²) in [6.07, 6.45) is -3.51. The van der Waals surface area contributed by atoms with E-state index in [1.54, 1.807) is 6.07 Å². The summed E-state index contributed by atoms with van der Waals surface area (Å²) >= 11 is 0. The fourth-order valence-electron chi connectivity index (χ4n) is 2.86. The van der Waals surface area contributed by atoms with E-state index < -0.39 is 17.6 Å². The molecule has 2 atom stereocenters. The van der Waals surface area contributed by atoms with Gasteiger partial charge in [-0.25, -0.2) is 5.01 Å². The molecule has 1 N–H and O–H groups in total. The van der Waals surface area contributed by atoms with E-state index in [0.717, 1.165) is 11.1 Å². The number of nitrogens with zero attached hydrogens (tertiary/aromatic N) is 2. The number of halogens is 3. The number of amides is 2. The minimum atomic E-state index is -4.41. The van der Waals surface area contributed by atoms with Crippen molar-refractivity contribution >= 4 is 17.5 Å². The quantitative estimate of drug-likeness (QED) is 0.918. The third kappa shape index (κ3) is 3.27. The van der Waals surface area contributed by atoms with Gasteiger partial charge in [0, 0.05) is 31.8 Å². The van der Waals surface area contributed by atoms with E-state index in [2.05, 4.69) is 10.4 Å². The molecule has 0 spiro atoms. The Morgan fingerprint density at radius 1 is 1.29 bits per heavy atom. The number of hydrogen-bond donors (Lipinski definition) is 1. The first kappa shape index (κ1) is 16.5. The molecule has 0 aromatic heterocycles. The molecule has 1 saturated carbocycles. The highest BCUT2D eigenvalue weighted by Gasteiger charge is 2.45. The highest BCUT2D eigenvalue weighted by atomic mass is 19.4. The van der Waals surface area contributed by atoms with Crippen LogP contribution in [-0.2, 0) is 15.8 Å². The average Bonchev–Trinajstić information content (AvgIpc) is 3.28. The number of nitrogens with one attached hydrogen (secondary N) is 1. The number of benzene rings is 1. The maximum absolute atomic E-state index is 13.1. The molecule has 0 bridgehead atoms. The SMILES string of the molecule is CN1N=C(C(=O)N[C@H]2C[C@H]2c2ccccc2C(F)(F)F)CCC1=O. The van der Waals surface area contributed by atoms with Gasteiger partial charge in [-0.3, -0.25) is 9.59 Å². The van der Waals surface area contributed by atoms with Crippen LogP contribution in [0.2, 0.25) is 0 Å². The molecule has 0 unspecified atom stereocenters. The van der Waals surface area contributed by atoms with Gasteiger partial charge in [-0.2, -0.15) is 18.3 Å². The van der Waals surface area contributed by atoms with Crippen molar-refractivity contribution in [2.45, 2.75) is 37.4 Å². The van der Waals surface area contributed by atoms with Gasteiger partial charge in [0.15, 0.2) is 0 Å². The van der Waals surface area contributed by atoms with E-state index in [4.69, 9.17) is 0 Å². The molecule has 1 aliphatic heterocycles. The zero-order valence-electron chi connectivity index (χ0n) is 12.9. The number of alkyl halides is 3. The molecule has 8 heteroatoms. The van der Waals surface area contributed by atoms with Gasteiger partial charge in [0.25, 0.3) is 5.91 Å². The second-order valence-corrected chi connectivity index (χ2v) is 5.97. The van der Waals surface area contributed by atoms with E-state index in [0.29, 0.717) is 6.42 Å². The standard InChI is InChI=1S/C16H16F3N3O2/c1-22-14(23)7-6-12(21-22)15(24)20-13-8-10(13)9-4-2-3-5-11(9)16(17,18)19/h2-5,10,13H,6-8H2,1H3,(H,20,24)/t10-,13-/m0/s1. The van der Waals surface area contributed by atoms with Gasteiger partial charge in [0.2, 0.25) is 5.91 Å². The number of hydrazone groups is 1. The molecule has 3 rings (SSSR count). The van der Waals surface area contributed by atoms with Crippen LogP contribution in [0.4, 0.5) is 13.2 Å². The lowest BCUT2D eigenvalue weighted by Crippen LogP contribution is -2.38. The Hall–Kier alpha value is -2.38. The van der Waals surface area contributed by atoms with Crippen LogP contribution in [0, 0.1) is 0 Å². The van der Waals surface area contributed by atoms with E-state index in [1.807, 2.05) is 0 Å². The van der Waals surface area contributed by atoms with Crippen LogP contribution in [0.15, 0.2) is 29.4 Å². The molecule has 1 heterocycles. The molecular formula is C16H16F3N3O2. The Kier molecular flexibility index (Phi) is 4.06. The Morgan fingerprint density at radius 3 is 2.67 bits per heavy atom. The topological polar surface area (TPSA) is 61.8 Å². The van der Waals surface area contributed by atoms with E-state index in [9.17, 15) is 22.8 Å². The lowest BCUT2D eigenvalue weighted by atomic mass is 10.0. The highest BCUT2D eigenvalue weighted by molar-refractivity contribution is 6.39. The molecule has 1 fully saturated rings. The Morgan fingerprint density at radius 2 is 2.00 bits per heavy atom. The molecule has 0 radical (unpaired) electrons. The van der Waals surface area contributed by atoms with Crippen molar-refractivity contribution in [3.8, 4) is 0 Å². The first-order valence-corrected chi connectivity index (χ1v) is 7.58. The molecule has 1 aliphatic carbocycles. The Labute approximate surface area is 136 Å². The van der Waals surface area contributed by atoms with E-state index in [-0.39, 0.29) is 42.0 Å².